The molecule has 2 aliphatic rings. The van der Waals surface area contributed by atoms with Crippen molar-refractivity contribution >= 4 is 29.0 Å². The zero-order valence-corrected chi connectivity index (χ0v) is 17.9. The van der Waals surface area contributed by atoms with Gasteiger partial charge in [-0.15, -0.1) is 11.3 Å². The standard InChI is InChI=1S/C24H23N3O3S/c28-22(27-13-11-26(12-14-27)21-7-3-4-10-25-21)16-30-24(29)20-15-18-9-8-17-5-1-2-6-19(17)23(18)31-20/h1-7,10,15H,8-9,11-14,16H2. The highest BCUT2D eigenvalue weighted by molar-refractivity contribution is 7.17. The Morgan fingerprint density at radius 2 is 1.74 bits per heavy atom. The van der Waals surface area contributed by atoms with E-state index in [4.69, 9.17) is 4.74 Å². The molecule has 0 N–H and O–H groups in total. The van der Waals surface area contributed by atoms with Gasteiger partial charge in [0.25, 0.3) is 5.91 Å². The summed E-state index contributed by atoms with van der Waals surface area (Å²) in [6.45, 7) is 2.40. The van der Waals surface area contributed by atoms with E-state index in [0.717, 1.165) is 23.5 Å². The molecule has 3 heterocycles. The molecule has 0 atom stereocenters. The molecule has 1 aliphatic carbocycles. The lowest BCUT2D eigenvalue weighted by Gasteiger charge is -2.35. The number of nitrogens with zero attached hydrogens (tertiary/aromatic N) is 3. The molecule has 5 rings (SSSR count). The molecule has 0 saturated carbocycles. The Kier molecular flexibility index (Phi) is 5.42. The average Bonchev–Trinajstić information content (AvgIpc) is 3.28. The maximum absolute atomic E-state index is 12.6. The minimum atomic E-state index is -0.419. The average molecular weight is 434 g/mol. The second-order valence-corrected chi connectivity index (χ2v) is 8.81. The number of esters is 1. The predicted octanol–water partition coefficient (Wildman–Crippen LogP) is 3.41. The number of carbonyl (C=O) groups is 2. The van der Waals surface area contributed by atoms with Gasteiger partial charge in [0.1, 0.15) is 10.7 Å². The number of pyridine rings is 1. The molecular weight excluding hydrogens is 410 g/mol. The van der Waals surface area contributed by atoms with Crippen LogP contribution in [0, 0.1) is 0 Å². The molecule has 1 saturated heterocycles. The number of aromatic nitrogens is 1. The summed E-state index contributed by atoms with van der Waals surface area (Å²) in [7, 11) is 0. The van der Waals surface area contributed by atoms with E-state index in [1.54, 1.807) is 11.1 Å². The highest BCUT2D eigenvalue weighted by Crippen LogP contribution is 2.39. The summed E-state index contributed by atoms with van der Waals surface area (Å²) in [5, 5.41) is 0. The molecule has 0 bridgehead atoms. The van der Waals surface area contributed by atoms with Gasteiger partial charge in [-0.3, -0.25) is 4.79 Å². The van der Waals surface area contributed by atoms with Crippen molar-refractivity contribution < 1.29 is 14.3 Å². The zero-order chi connectivity index (χ0) is 21.2. The topological polar surface area (TPSA) is 62.7 Å². The molecule has 1 aromatic carbocycles. The Balaban J connectivity index is 1.17. The van der Waals surface area contributed by atoms with Gasteiger partial charge in [0.15, 0.2) is 6.61 Å². The fraction of sp³-hybridized carbons (Fsp3) is 0.292. The molecule has 1 amide bonds. The van der Waals surface area contributed by atoms with Crippen molar-refractivity contribution in [1.82, 2.24) is 9.88 Å². The number of carbonyl (C=O) groups excluding carboxylic acids is 2. The van der Waals surface area contributed by atoms with Gasteiger partial charge in [0.2, 0.25) is 0 Å². The first-order valence-corrected chi connectivity index (χ1v) is 11.3. The van der Waals surface area contributed by atoms with Crippen LogP contribution < -0.4 is 4.90 Å². The monoisotopic (exact) mass is 433 g/mol. The van der Waals surface area contributed by atoms with Crippen LogP contribution in [0.1, 0.15) is 20.8 Å². The van der Waals surface area contributed by atoms with Gasteiger partial charge in [-0.05, 0) is 47.7 Å². The van der Waals surface area contributed by atoms with Crippen LogP contribution in [0.4, 0.5) is 5.82 Å². The van der Waals surface area contributed by atoms with Crippen LogP contribution in [-0.4, -0.2) is 54.5 Å². The van der Waals surface area contributed by atoms with Crippen molar-refractivity contribution in [3.05, 3.63) is 70.7 Å². The predicted molar refractivity (Wildman–Crippen MR) is 120 cm³/mol. The third-order valence-corrected chi connectivity index (χ3v) is 7.06. The molecule has 1 aliphatic heterocycles. The van der Waals surface area contributed by atoms with Gasteiger partial charge < -0.3 is 14.5 Å². The van der Waals surface area contributed by atoms with Crippen LogP contribution in [0.15, 0.2) is 54.7 Å². The number of fused-ring (bicyclic) bond motifs is 3. The summed E-state index contributed by atoms with van der Waals surface area (Å²) >= 11 is 1.46. The highest BCUT2D eigenvalue weighted by atomic mass is 32.1. The Morgan fingerprint density at radius 1 is 0.968 bits per heavy atom. The first kappa shape index (κ1) is 19.8. The van der Waals surface area contributed by atoms with Crippen LogP contribution in [0.3, 0.4) is 0 Å². The fourth-order valence-electron chi connectivity index (χ4n) is 4.19. The van der Waals surface area contributed by atoms with Gasteiger partial charge >= 0.3 is 5.97 Å². The van der Waals surface area contributed by atoms with E-state index in [9.17, 15) is 9.59 Å². The van der Waals surface area contributed by atoms with Crippen LogP contribution in [0.2, 0.25) is 0 Å². The van der Waals surface area contributed by atoms with E-state index < -0.39 is 5.97 Å². The molecule has 3 aromatic rings. The molecule has 158 valence electrons. The van der Waals surface area contributed by atoms with Crippen molar-refractivity contribution in [2.75, 3.05) is 37.7 Å². The van der Waals surface area contributed by atoms with Crippen molar-refractivity contribution in [3.8, 4) is 10.4 Å². The normalized spacial score (nSPS) is 15.2. The zero-order valence-electron chi connectivity index (χ0n) is 17.1. The van der Waals surface area contributed by atoms with Gasteiger partial charge in [0.05, 0.1) is 0 Å². The van der Waals surface area contributed by atoms with Crippen LogP contribution >= 0.6 is 11.3 Å². The number of hydrogen-bond donors (Lipinski definition) is 0. The van der Waals surface area contributed by atoms with Crippen molar-refractivity contribution in [1.29, 1.82) is 0 Å². The number of anilines is 1. The van der Waals surface area contributed by atoms with Crippen molar-refractivity contribution in [2.24, 2.45) is 0 Å². The number of amides is 1. The first-order valence-electron chi connectivity index (χ1n) is 10.5. The van der Waals surface area contributed by atoms with Gasteiger partial charge in [-0.25, -0.2) is 9.78 Å². The number of hydrogen-bond acceptors (Lipinski definition) is 6. The van der Waals surface area contributed by atoms with Crippen LogP contribution in [0.25, 0.3) is 10.4 Å². The Morgan fingerprint density at radius 3 is 2.55 bits per heavy atom. The molecular formula is C24H23N3O3S. The number of ether oxygens (including phenoxy) is 1. The summed E-state index contributed by atoms with van der Waals surface area (Å²) in [4.78, 5) is 35.1. The second kappa shape index (κ2) is 8.51. The number of piperazine rings is 1. The summed E-state index contributed by atoms with van der Waals surface area (Å²) in [6, 6.07) is 16.1. The Labute approximate surface area is 185 Å². The smallest absolute Gasteiger partial charge is 0.348 e. The van der Waals surface area contributed by atoms with Gasteiger partial charge in [-0.1, -0.05) is 30.3 Å². The van der Waals surface area contributed by atoms with E-state index in [0.29, 0.717) is 31.1 Å². The minimum Gasteiger partial charge on any atom is -0.451 e. The SMILES string of the molecule is O=C(OCC(=O)N1CCN(c2ccccn2)CC1)c1cc2c(s1)-c1ccccc1CC2. The molecule has 0 radical (unpaired) electrons. The lowest BCUT2D eigenvalue weighted by Crippen LogP contribution is -2.50. The lowest BCUT2D eigenvalue weighted by molar-refractivity contribution is -0.134. The summed E-state index contributed by atoms with van der Waals surface area (Å²) in [5.74, 6) is 0.349. The highest BCUT2D eigenvalue weighted by Gasteiger charge is 2.25. The van der Waals surface area contributed by atoms with E-state index in [-0.39, 0.29) is 12.5 Å². The molecule has 1 fully saturated rings. The Hall–Kier alpha value is -3.19. The van der Waals surface area contributed by atoms with Crippen LogP contribution in [0.5, 0.6) is 0 Å². The van der Waals surface area contributed by atoms with Gasteiger partial charge in [-0.2, -0.15) is 0 Å². The summed E-state index contributed by atoms with van der Waals surface area (Å²) < 4.78 is 5.37. The number of rotatable bonds is 4. The van der Waals surface area contributed by atoms with E-state index in [1.165, 1.54) is 28.0 Å². The van der Waals surface area contributed by atoms with Gasteiger partial charge in [0, 0.05) is 37.3 Å². The third-order valence-electron chi connectivity index (χ3n) is 5.87. The lowest BCUT2D eigenvalue weighted by atomic mass is 9.91. The number of aryl methyl sites for hydroxylation is 2. The largest absolute Gasteiger partial charge is 0.451 e. The number of thiophene rings is 1. The summed E-state index contributed by atoms with van der Waals surface area (Å²) in [6.07, 6.45) is 3.68. The maximum atomic E-state index is 12.6. The van der Waals surface area contributed by atoms with E-state index in [2.05, 4.69) is 28.1 Å². The van der Waals surface area contributed by atoms with Crippen molar-refractivity contribution in [3.63, 3.8) is 0 Å². The first-order chi connectivity index (χ1) is 15.2. The second-order valence-electron chi connectivity index (χ2n) is 7.75. The molecule has 0 unspecified atom stereocenters. The molecule has 2 aromatic heterocycles. The fourth-order valence-corrected chi connectivity index (χ4v) is 5.35. The molecule has 7 heteroatoms. The quantitative estimate of drug-likeness (QED) is 0.590. The minimum absolute atomic E-state index is 0.152. The maximum Gasteiger partial charge on any atom is 0.348 e. The van der Waals surface area contributed by atoms with E-state index in [1.807, 2.05) is 30.3 Å². The van der Waals surface area contributed by atoms with E-state index >= 15 is 0 Å². The number of benzene rings is 1. The molecule has 31 heavy (non-hydrogen) atoms. The molecule has 0 spiro atoms. The molecule has 6 nitrogen and oxygen atoms in total. The summed E-state index contributed by atoms with van der Waals surface area (Å²) in [5.41, 5.74) is 3.71. The van der Waals surface area contributed by atoms with Crippen LogP contribution in [-0.2, 0) is 22.4 Å². The van der Waals surface area contributed by atoms with Crippen molar-refractivity contribution in [2.45, 2.75) is 12.8 Å². The third kappa shape index (κ3) is 4.05. The Bertz CT molecular complexity index is 1100.